The molecule has 1 fully saturated rings. The monoisotopic (exact) mass is 812 g/mol. The van der Waals surface area contributed by atoms with Gasteiger partial charge in [0.1, 0.15) is 24.2 Å². The van der Waals surface area contributed by atoms with Gasteiger partial charge in [-0.15, -0.1) is 0 Å². The summed E-state index contributed by atoms with van der Waals surface area (Å²) in [7, 11) is 0. The van der Waals surface area contributed by atoms with Gasteiger partial charge in [0.05, 0.1) is 5.54 Å². The summed E-state index contributed by atoms with van der Waals surface area (Å²) in [6.45, 7) is 1.54. The lowest BCUT2D eigenvalue weighted by Crippen LogP contribution is -2.63. The standard InChI is InChI=1S/C47H56N8O5/c48-25-9-8-22-38(42(49)56)52-43(57)39(28-31-12-2-1-3-13-31)53-44(58)40(29-34-18-10-16-32-14-4-6-20-36(32)34)54-45(59)41(55-46(60)47(50)23-26-51-27-24-47)30-35-19-11-17-33-15-5-7-21-37(33)35/h1-7,10-21,38-41,51H,8-9,22-30,48,50H2,(H2,49,56)(H,52,57)(H,53,58)(H,54,59)(H,55,60)/t38-,39-,40+,41+/m0/s1. The van der Waals surface area contributed by atoms with Crippen molar-refractivity contribution in [3.05, 3.63) is 132 Å². The second kappa shape index (κ2) is 20.7. The van der Waals surface area contributed by atoms with Crippen LogP contribution in [0.5, 0.6) is 0 Å². The number of rotatable bonds is 19. The Morgan fingerprint density at radius 2 is 1.03 bits per heavy atom. The van der Waals surface area contributed by atoms with Gasteiger partial charge in [-0.2, -0.15) is 0 Å². The maximum atomic E-state index is 14.7. The van der Waals surface area contributed by atoms with Gasteiger partial charge in [0.2, 0.25) is 29.5 Å². The molecule has 0 spiro atoms. The fraction of sp³-hybridized carbons (Fsp3) is 0.340. The summed E-state index contributed by atoms with van der Waals surface area (Å²) in [4.78, 5) is 69.8. The normalized spacial score (nSPS) is 15.6. The lowest BCUT2D eigenvalue weighted by Gasteiger charge is -2.34. The molecule has 0 aromatic heterocycles. The number of unbranched alkanes of at least 4 members (excludes halogenated alkanes) is 1. The number of nitrogens with one attached hydrogen (secondary N) is 5. The minimum Gasteiger partial charge on any atom is -0.368 e. The Morgan fingerprint density at radius 1 is 0.567 bits per heavy atom. The number of nitrogens with two attached hydrogens (primary N) is 3. The van der Waals surface area contributed by atoms with Crippen LogP contribution in [0.4, 0.5) is 0 Å². The van der Waals surface area contributed by atoms with Crippen molar-refractivity contribution < 1.29 is 24.0 Å². The Kier molecular flexibility index (Phi) is 15.0. The highest BCUT2D eigenvalue weighted by molar-refractivity contribution is 5.98. The average Bonchev–Trinajstić information content (AvgIpc) is 3.26. The van der Waals surface area contributed by atoms with Crippen LogP contribution in [0.15, 0.2) is 115 Å². The first-order chi connectivity index (χ1) is 29.0. The van der Waals surface area contributed by atoms with Crippen LogP contribution in [0.1, 0.15) is 48.8 Å². The van der Waals surface area contributed by atoms with Gasteiger partial charge in [-0.25, -0.2) is 0 Å². The summed E-state index contributed by atoms with van der Waals surface area (Å²) in [6.07, 6.45) is 2.55. The number of hydrogen-bond donors (Lipinski definition) is 8. The molecule has 1 saturated heterocycles. The topological polar surface area (TPSA) is 224 Å². The van der Waals surface area contributed by atoms with E-state index >= 15 is 0 Å². The number of hydrogen-bond acceptors (Lipinski definition) is 8. The zero-order chi connectivity index (χ0) is 42.5. The van der Waals surface area contributed by atoms with E-state index in [9.17, 15) is 24.0 Å². The number of carbonyl (C=O) groups is 5. The fourth-order valence-corrected chi connectivity index (χ4v) is 7.86. The molecule has 0 radical (unpaired) electrons. The van der Waals surface area contributed by atoms with E-state index in [1.807, 2.05) is 115 Å². The average molecular weight is 813 g/mol. The van der Waals surface area contributed by atoms with Crippen molar-refractivity contribution in [3.8, 4) is 0 Å². The number of benzene rings is 5. The van der Waals surface area contributed by atoms with Crippen LogP contribution in [-0.2, 0) is 43.2 Å². The molecule has 0 aliphatic carbocycles. The van der Waals surface area contributed by atoms with E-state index in [1.165, 1.54) is 0 Å². The third-order valence-corrected chi connectivity index (χ3v) is 11.3. The van der Waals surface area contributed by atoms with Gasteiger partial charge in [-0.3, -0.25) is 24.0 Å². The molecule has 5 amide bonds. The molecule has 11 N–H and O–H groups in total. The number of piperidine rings is 1. The van der Waals surface area contributed by atoms with Crippen molar-refractivity contribution >= 4 is 51.1 Å². The molecule has 5 aromatic carbocycles. The van der Waals surface area contributed by atoms with Crippen LogP contribution in [-0.4, -0.2) is 78.9 Å². The Balaban J connectivity index is 1.33. The number of fused-ring (bicyclic) bond motifs is 2. The summed E-state index contributed by atoms with van der Waals surface area (Å²) in [5, 5.41) is 18.6. The predicted octanol–water partition coefficient (Wildman–Crippen LogP) is 2.66. The van der Waals surface area contributed by atoms with E-state index in [1.54, 1.807) is 0 Å². The number of amides is 5. The highest BCUT2D eigenvalue weighted by Gasteiger charge is 2.38. The highest BCUT2D eigenvalue weighted by atomic mass is 16.2. The van der Waals surface area contributed by atoms with Crippen LogP contribution < -0.4 is 43.8 Å². The highest BCUT2D eigenvalue weighted by Crippen LogP contribution is 2.23. The van der Waals surface area contributed by atoms with E-state index in [0.29, 0.717) is 45.3 Å². The van der Waals surface area contributed by atoms with E-state index in [0.717, 1.165) is 38.2 Å². The maximum absolute atomic E-state index is 14.7. The molecule has 5 aromatic rings. The third-order valence-electron chi connectivity index (χ3n) is 11.3. The van der Waals surface area contributed by atoms with Crippen molar-refractivity contribution in [3.63, 3.8) is 0 Å². The van der Waals surface area contributed by atoms with E-state index in [4.69, 9.17) is 17.2 Å². The van der Waals surface area contributed by atoms with Gasteiger partial charge in [-0.05, 0) is 90.0 Å². The van der Waals surface area contributed by atoms with E-state index < -0.39 is 59.2 Å². The molecule has 4 atom stereocenters. The zero-order valence-corrected chi connectivity index (χ0v) is 33.8. The molecule has 13 nitrogen and oxygen atoms in total. The van der Waals surface area contributed by atoms with Crippen LogP contribution in [0.2, 0.25) is 0 Å². The Morgan fingerprint density at radius 3 is 1.57 bits per heavy atom. The minimum atomic E-state index is -1.21. The zero-order valence-electron chi connectivity index (χ0n) is 33.8. The lowest BCUT2D eigenvalue weighted by atomic mass is 9.88. The fourth-order valence-electron chi connectivity index (χ4n) is 7.86. The van der Waals surface area contributed by atoms with Gasteiger partial charge in [0, 0.05) is 19.3 Å². The van der Waals surface area contributed by atoms with Crippen molar-refractivity contribution in [2.75, 3.05) is 19.6 Å². The van der Waals surface area contributed by atoms with Gasteiger partial charge < -0.3 is 43.8 Å². The molecule has 60 heavy (non-hydrogen) atoms. The number of primary amides is 1. The lowest BCUT2D eigenvalue weighted by molar-refractivity contribution is -0.135. The molecular formula is C47H56N8O5. The number of carbonyl (C=O) groups excluding carboxylic acids is 5. The third kappa shape index (κ3) is 11.3. The van der Waals surface area contributed by atoms with E-state index in [-0.39, 0.29) is 25.7 Å². The van der Waals surface area contributed by atoms with Crippen LogP contribution >= 0.6 is 0 Å². The quantitative estimate of drug-likeness (QED) is 0.0578. The molecule has 1 heterocycles. The molecule has 0 saturated carbocycles. The van der Waals surface area contributed by atoms with Gasteiger partial charge in [-0.1, -0.05) is 115 Å². The smallest absolute Gasteiger partial charge is 0.243 e. The van der Waals surface area contributed by atoms with Crippen molar-refractivity contribution in [2.45, 2.75) is 81.1 Å². The maximum Gasteiger partial charge on any atom is 0.243 e. The first kappa shape index (κ1) is 43.4. The summed E-state index contributed by atoms with van der Waals surface area (Å²) >= 11 is 0. The summed E-state index contributed by atoms with van der Waals surface area (Å²) < 4.78 is 0. The van der Waals surface area contributed by atoms with Crippen molar-refractivity contribution in [2.24, 2.45) is 17.2 Å². The Labute approximate surface area is 350 Å². The van der Waals surface area contributed by atoms with E-state index in [2.05, 4.69) is 26.6 Å². The van der Waals surface area contributed by atoms with Crippen LogP contribution in [0.25, 0.3) is 21.5 Å². The first-order valence-corrected chi connectivity index (χ1v) is 20.7. The minimum absolute atomic E-state index is 0.0586. The van der Waals surface area contributed by atoms with Crippen LogP contribution in [0, 0.1) is 0 Å². The Hall–Kier alpha value is -6.15. The molecule has 1 aliphatic rings. The molecule has 0 bridgehead atoms. The van der Waals surface area contributed by atoms with Gasteiger partial charge in [0.25, 0.3) is 0 Å². The Bertz CT molecular complexity index is 2270. The second-order valence-corrected chi connectivity index (χ2v) is 15.7. The molecule has 314 valence electrons. The molecule has 13 heteroatoms. The largest absolute Gasteiger partial charge is 0.368 e. The predicted molar refractivity (Wildman–Crippen MR) is 234 cm³/mol. The summed E-state index contributed by atoms with van der Waals surface area (Å²) in [6, 6.07) is 31.8. The van der Waals surface area contributed by atoms with Gasteiger partial charge >= 0.3 is 0 Å². The summed E-state index contributed by atoms with van der Waals surface area (Å²) in [5.41, 5.74) is 19.2. The molecular weight excluding hydrogens is 757 g/mol. The SMILES string of the molecule is NCCCC[C@H](NC(=O)[C@H](Cc1ccccc1)NC(=O)[C@@H](Cc1cccc2ccccc12)NC(=O)[C@@H](Cc1cccc2ccccc12)NC(=O)C1(N)CCNCC1)C(N)=O. The molecule has 6 rings (SSSR count). The van der Waals surface area contributed by atoms with Crippen molar-refractivity contribution in [1.82, 2.24) is 26.6 Å². The van der Waals surface area contributed by atoms with Crippen molar-refractivity contribution in [1.29, 1.82) is 0 Å². The molecule has 0 unspecified atom stereocenters. The molecule has 1 aliphatic heterocycles. The van der Waals surface area contributed by atoms with Crippen LogP contribution in [0.3, 0.4) is 0 Å². The van der Waals surface area contributed by atoms with Gasteiger partial charge in [0.15, 0.2) is 0 Å². The second-order valence-electron chi connectivity index (χ2n) is 15.7. The summed E-state index contributed by atoms with van der Waals surface area (Å²) in [5.74, 6) is -2.97. The first-order valence-electron chi connectivity index (χ1n) is 20.7.